The minimum Gasteiger partial charge on any atom is -0.366 e. The Kier molecular flexibility index (Phi) is 3.88. The Morgan fingerprint density at radius 2 is 2.11 bits per heavy atom. The normalized spacial score (nSPS) is 23.2. The number of nitrogens with two attached hydrogens (primary N) is 1. The molecule has 0 amide bonds. The van der Waals surface area contributed by atoms with Crippen molar-refractivity contribution in [1.29, 1.82) is 0 Å². The molecule has 3 nitrogen and oxygen atoms in total. The van der Waals surface area contributed by atoms with Crippen LogP contribution in [0.2, 0.25) is 0 Å². The van der Waals surface area contributed by atoms with Crippen LogP contribution in [0.15, 0.2) is 18.2 Å². The molecule has 0 aliphatic carbocycles. The van der Waals surface area contributed by atoms with E-state index < -0.39 is 0 Å². The molecule has 0 spiro atoms. The molecule has 0 bridgehead atoms. The van der Waals surface area contributed by atoms with Crippen molar-refractivity contribution < 1.29 is 4.39 Å². The molecule has 1 saturated heterocycles. The molecule has 1 heterocycles. The van der Waals surface area contributed by atoms with Gasteiger partial charge in [-0.3, -0.25) is 0 Å². The molecule has 1 aliphatic heterocycles. The summed E-state index contributed by atoms with van der Waals surface area (Å²) in [5.74, 6) is -0.200. The average Bonchev–Trinajstić information content (AvgIpc) is 2.28. The van der Waals surface area contributed by atoms with E-state index in [2.05, 4.69) is 23.8 Å². The smallest absolute Gasteiger partial charge is 0.130 e. The van der Waals surface area contributed by atoms with Gasteiger partial charge in [0.05, 0.1) is 0 Å². The first kappa shape index (κ1) is 13.3. The van der Waals surface area contributed by atoms with E-state index in [4.69, 9.17) is 5.73 Å². The number of benzene rings is 1. The fourth-order valence-electron chi connectivity index (χ4n) is 2.72. The third kappa shape index (κ3) is 2.49. The fourth-order valence-corrected chi connectivity index (χ4v) is 2.72. The molecule has 0 aromatic heterocycles. The lowest BCUT2D eigenvalue weighted by Gasteiger charge is -2.41. The Morgan fingerprint density at radius 1 is 1.39 bits per heavy atom. The summed E-state index contributed by atoms with van der Waals surface area (Å²) in [6.45, 7) is 6.92. The van der Waals surface area contributed by atoms with Gasteiger partial charge in [-0.25, -0.2) is 4.39 Å². The zero-order chi connectivity index (χ0) is 13.3. The largest absolute Gasteiger partial charge is 0.366 e. The Balaban J connectivity index is 2.36. The number of halogens is 1. The molecule has 2 rings (SSSR count). The Labute approximate surface area is 108 Å². The average molecular weight is 251 g/mol. The number of anilines is 1. The van der Waals surface area contributed by atoms with Crippen LogP contribution in [-0.2, 0) is 0 Å². The van der Waals surface area contributed by atoms with E-state index in [1.54, 1.807) is 6.07 Å². The van der Waals surface area contributed by atoms with E-state index in [1.807, 2.05) is 13.0 Å². The van der Waals surface area contributed by atoms with Crippen molar-refractivity contribution in [1.82, 2.24) is 4.90 Å². The molecule has 1 aliphatic rings. The van der Waals surface area contributed by atoms with Gasteiger partial charge in [0.1, 0.15) is 5.82 Å². The number of nitrogens with zero attached hydrogens (tertiary/aromatic N) is 2. The summed E-state index contributed by atoms with van der Waals surface area (Å²) >= 11 is 0. The van der Waals surface area contributed by atoms with E-state index >= 15 is 0 Å². The van der Waals surface area contributed by atoms with Crippen LogP contribution in [0.5, 0.6) is 0 Å². The third-order valence-electron chi connectivity index (χ3n) is 3.63. The lowest BCUT2D eigenvalue weighted by Crippen LogP contribution is -2.51. The molecular formula is C14H22FN3. The maximum atomic E-state index is 13.9. The van der Waals surface area contributed by atoms with Crippen molar-refractivity contribution in [3.8, 4) is 0 Å². The minimum absolute atomic E-state index is 0.200. The number of piperazine rings is 1. The third-order valence-corrected chi connectivity index (χ3v) is 3.63. The highest BCUT2D eigenvalue weighted by atomic mass is 19.1. The van der Waals surface area contributed by atoms with Crippen LogP contribution in [0.1, 0.15) is 25.5 Å². The maximum absolute atomic E-state index is 13.9. The van der Waals surface area contributed by atoms with Gasteiger partial charge in [-0.15, -0.1) is 0 Å². The minimum atomic E-state index is -0.284. The van der Waals surface area contributed by atoms with Crippen LogP contribution in [0.4, 0.5) is 10.1 Å². The lowest BCUT2D eigenvalue weighted by atomic mass is 10.0. The second-order valence-corrected chi connectivity index (χ2v) is 5.27. The lowest BCUT2D eigenvalue weighted by molar-refractivity contribution is 0.275. The van der Waals surface area contributed by atoms with Crippen molar-refractivity contribution >= 4 is 5.69 Å². The standard InChI is InChI=1S/C14H22FN3/c1-10-9-17(3)7-8-18(10)13-6-4-5-12(15)14(13)11(2)16/h4-6,10-11H,7-9,16H2,1-3H3/t10?,11-/m0/s1. The highest BCUT2D eigenvalue weighted by molar-refractivity contribution is 5.56. The van der Waals surface area contributed by atoms with Crippen LogP contribution in [0.25, 0.3) is 0 Å². The molecular weight excluding hydrogens is 229 g/mol. The van der Waals surface area contributed by atoms with Gasteiger partial charge in [0.2, 0.25) is 0 Å². The van der Waals surface area contributed by atoms with E-state index in [0.717, 1.165) is 25.3 Å². The molecule has 1 fully saturated rings. The van der Waals surface area contributed by atoms with Gasteiger partial charge in [0.15, 0.2) is 0 Å². The zero-order valence-corrected chi connectivity index (χ0v) is 11.4. The van der Waals surface area contributed by atoms with Gasteiger partial charge in [0, 0.05) is 43.0 Å². The van der Waals surface area contributed by atoms with Crippen LogP contribution in [0.3, 0.4) is 0 Å². The summed E-state index contributed by atoms with van der Waals surface area (Å²) in [5.41, 5.74) is 7.50. The summed E-state index contributed by atoms with van der Waals surface area (Å²) in [6, 6.07) is 5.32. The predicted octanol–water partition coefficient (Wildman–Crippen LogP) is 1.99. The molecule has 0 saturated carbocycles. The van der Waals surface area contributed by atoms with Crippen LogP contribution in [0, 0.1) is 5.82 Å². The van der Waals surface area contributed by atoms with Crippen molar-refractivity contribution in [2.45, 2.75) is 25.9 Å². The molecule has 1 unspecified atom stereocenters. The molecule has 0 radical (unpaired) electrons. The topological polar surface area (TPSA) is 32.5 Å². The second-order valence-electron chi connectivity index (χ2n) is 5.27. The van der Waals surface area contributed by atoms with Crippen LogP contribution in [-0.4, -0.2) is 37.6 Å². The molecule has 4 heteroatoms. The fraction of sp³-hybridized carbons (Fsp3) is 0.571. The number of rotatable bonds is 2. The first-order chi connectivity index (χ1) is 8.50. The quantitative estimate of drug-likeness (QED) is 0.872. The van der Waals surface area contributed by atoms with Gasteiger partial charge in [-0.1, -0.05) is 6.07 Å². The van der Waals surface area contributed by atoms with Crippen molar-refractivity contribution in [2.75, 3.05) is 31.6 Å². The Bertz CT molecular complexity index is 420. The molecule has 2 atom stereocenters. The van der Waals surface area contributed by atoms with Gasteiger partial charge in [-0.2, -0.15) is 0 Å². The van der Waals surface area contributed by atoms with E-state index in [9.17, 15) is 4.39 Å². The highest BCUT2D eigenvalue weighted by Crippen LogP contribution is 2.30. The monoisotopic (exact) mass is 251 g/mol. The molecule has 2 N–H and O–H groups in total. The first-order valence-electron chi connectivity index (χ1n) is 6.50. The van der Waals surface area contributed by atoms with Gasteiger partial charge >= 0.3 is 0 Å². The Hall–Kier alpha value is -1.13. The van der Waals surface area contributed by atoms with Crippen LogP contribution >= 0.6 is 0 Å². The van der Waals surface area contributed by atoms with Crippen LogP contribution < -0.4 is 10.6 Å². The summed E-state index contributed by atoms with van der Waals surface area (Å²) in [4.78, 5) is 4.56. The van der Waals surface area contributed by atoms with E-state index in [1.165, 1.54) is 6.07 Å². The number of hydrogen-bond donors (Lipinski definition) is 1. The molecule has 1 aromatic carbocycles. The highest BCUT2D eigenvalue weighted by Gasteiger charge is 2.25. The molecule has 100 valence electrons. The summed E-state index contributed by atoms with van der Waals surface area (Å²) in [5, 5.41) is 0. The zero-order valence-electron chi connectivity index (χ0n) is 11.4. The maximum Gasteiger partial charge on any atom is 0.130 e. The SMILES string of the molecule is CC1CN(C)CCN1c1cccc(F)c1[C@H](C)N. The summed E-state index contributed by atoms with van der Waals surface area (Å²) < 4.78 is 13.9. The summed E-state index contributed by atoms with van der Waals surface area (Å²) in [7, 11) is 2.12. The van der Waals surface area contributed by atoms with Gasteiger partial charge in [0.25, 0.3) is 0 Å². The number of likely N-dealkylation sites (N-methyl/N-ethyl adjacent to an activating group) is 1. The van der Waals surface area contributed by atoms with E-state index in [-0.39, 0.29) is 11.9 Å². The van der Waals surface area contributed by atoms with E-state index in [0.29, 0.717) is 11.6 Å². The predicted molar refractivity (Wildman–Crippen MR) is 73.3 cm³/mol. The van der Waals surface area contributed by atoms with Gasteiger partial charge < -0.3 is 15.5 Å². The second kappa shape index (κ2) is 5.24. The molecule has 1 aromatic rings. The van der Waals surface area contributed by atoms with Crippen molar-refractivity contribution in [2.24, 2.45) is 5.73 Å². The van der Waals surface area contributed by atoms with Crippen molar-refractivity contribution in [3.05, 3.63) is 29.6 Å². The Morgan fingerprint density at radius 3 is 2.72 bits per heavy atom. The first-order valence-corrected chi connectivity index (χ1v) is 6.50. The molecule has 18 heavy (non-hydrogen) atoms. The van der Waals surface area contributed by atoms with Crippen molar-refractivity contribution in [3.63, 3.8) is 0 Å². The summed E-state index contributed by atoms with van der Waals surface area (Å²) in [6.07, 6.45) is 0. The van der Waals surface area contributed by atoms with Gasteiger partial charge in [-0.05, 0) is 33.0 Å². The number of hydrogen-bond acceptors (Lipinski definition) is 3.